The van der Waals surface area contributed by atoms with Gasteiger partial charge >= 0.3 is 12.0 Å². The van der Waals surface area contributed by atoms with Crippen LogP contribution in [0.5, 0.6) is 0 Å². The molecule has 0 aliphatic carbocycles. The normalized spacial score (nSPS) is 10.5. The molecule has 0 aromatic carbocycles. The molecule has 106 valence electrons. The Hall–Kier alpha value is -1.26. The summed E-state index contributed by atoms with van der Waals surface area (Å²) >= 11 is 0. The molecule has 0 unspecified atom stereocenters. The van der Waals surface area contributed by atoms with Crippen LogP contribution in [0.3, 0.4) is 0 Å². The topological polar surface area (TPSA) is 60.9 Å². The van der Waals surface area contributed by atoms with E-state index in [1.54, 1.807) is 11.8 Å². The number of amides is 2. The fourth-order valence-corrected chi connectivity index (χ4v) is 1.77. The molecule has 5 nitrogen and oxygen atoms in total. The van der Waals surface area contributed by atoms with Gasteiger partial charge in [0, 0.05) is 19.1 Å². The van der Waals surface area contributed by atoms with Crippen LogP contribution in [0.2, 0.25) is 0 Å². The van der Waals surface area contributed by atoms with Crippen LogP contribution in [0.25, 0.3) is 0 Å². The lowest BCUT2D eigenvalue weighted by molar-refractivity contribution is -0.137. The predicted octanol–water partition coefficient (Wildman–Crippen LogP) is 2.41. The first-order valence-electron chi connectivity index (χ1n) is 6.71. The maximum Gasteiger partial charge on any atom is 0.323 e. The molecule has 5 heteroatoms. The van der Waals surface area contributed by atoms with Crippen molar-refractivity contribution in [1.29, 1.82) is 0 Å². The molecule has 0 saturated heterocycles. The van der Waals surface area contributed by atoms with Crippen molar-refractivity contribution in [3.8, 4) is 0 Å². The monoisotopic (exact) mass is 258 g/mol. The van der Waals surface area contributed by atoms with Crippen LogP contribution in [0.4, 0.5) is 4.79 Å². The van der Waals surface area contributed by atoms with E-state index in [0.717, 1.165) is 19.3 Å². The highest BCUT2D eigenvalue weighted by Crippen LogP contribution is 2.08. The molecule has 0 fully saturated rings. The van der Waals surface area contributed by atoms with Crippen LogP contribution < -0.4 is 0 Å². The highest BCUT2D eigenvalue weighted by molar-refractivity contribution is 5.80. The zero-order valence-electron chi connectivity index (χ0n) is 12.0. The Morgan fingerprint density at radius 2 is 1.78 bits per heavy atom. The van der Waals surface area contributed by atoms with E-state index in [2.05, 4.69) is 6.92 Å². The first-order valence-corrected chi connectivity index (χ1v) is 6.71. The Bertz CT molecular complexity index is 267. The number of hydrogen-bond acceptors (Lipinski definition) is 2. The molecule has 0 aliphatic heterocycles. The molecule has 0 aromatic rings. The standard InChI is InChI=1S/C13H26N2O3/c1-5-7-8-9-15(11(3)4)13(18)14(6-2)10-12(16)17/h11H,5-10H2,1-4H3,(H,16,17). The van der Waals surface area contributed by atoms with Crippen LogP contribution in [0.15, 0.2) is 0 Å². The van der Waals surface area contributed by atoms with Crippen molar-refractivity contribution in [1.82, 2.24) is 9.80 Å². The van der Waals surface area contributed by atoms with E-state index in [1.165, 1.54) is 4.90 Å². The number of aliphatic carboxylic acids is 1. The highest BCUT2D eigenvalue weighted by Gasteiger charge is 2.23. The maximum absolute atomic E-state index is 12.2. The van der Waals surface area contributed by atoms with Crippen molar-refractivity contribution in [3.63, 3.8) is 0 Å². The summed E-state index contributed by atoms with van der Waals surface area (Å²) in [6, 6.07) is -0.0804. The van der Waals surface area contributed by atoms with E-state index < -0.39 is 5.97 Å². The molecule has 18 heavy (non-hydrogen) atoms. The Labute approximate surface area is 110 Å². The number of carboxylic acids is 1. The molecular weight excluding hydrogens is 232 g/mol. The third-order valence-corrected chi connectivity index (χ3v) is 2.85. The van der Waals surface area contributed by atoms with Crippen LogP contribution in [-0.4, -0.2) is 52.6 Å². The van der Waals surface area contributed by atoms with Gasteiger partial charge in [0.25, 0.3) is 0 Å². The van der Waals surface area contributed by atoms with E-state index in [9.17, 15) is 9.59 Å². The lowest BCUT2D eigenvalue weighted by Gasteiger charge is -2.32. The molecule has 1 N–H and O–H groups in total. The molecule has 0 saturated carbocycles. The van der Waals surface area contributed by atoms with Gasteiger partial charge in [-0.25, -0.2) is 4.79 Å². The summed E-state index contributed by atoms with van der Waals surface area (Å²) in [5.74, 6) is -0.970. The van der Waals surface area contributed by atoms with Gasteiger partial charge in [-0.3, -0.25) is 4.79 Å². The third-order valence-electron chi connectivity index (χ3n) is 2.85. The first-order chi connectivity index (χ1) is 8.43. The fraction of sp³-hybridized carbons (Fsp3) is 0.846. The minimum absolute atomic E-state index is 0.0946. The van der Waals surface area contributed by atoms with Crippen molar-refractivity contribution >= 4 is 12.0 Å². The average molecular weight is 258 g/mol. The Morgan fingerprint density at radius 1 is 1.17 bits per heavy atom. The molecule has 0 atom stereocenters. The molecule has 0 radical (unpaired) electrons. The van der Waals surface area contributed by atoms with Gasteiger partial charge < -0.3 is 14.9 Å². The number of rotatable bonds is 8. The zero-order valence-corrected chi connectivity index (χ0v) is 12.0. The van der Waals surface area contributed by atoms with Gasteiger partial charge in [-0.15, -0.1) is 0 Å². The SMILES string of the molecule is CCCCCN(C(=O)N(CC)CC(=O)O)C(C)C. The van der Waals surface area contributed by atoms with Crippen molar-refractivity contribution in [2.24, 2.45) is 0 Å². The average Bonchev–Trinajstić information content (AvgIpc) is 2.30. The van der Waals surface area contributed by atoms with Crippen molar-refractivity contribution in [3.05, 3.63) is 0 Å². The summed E-state index contributed by atoms with van der Waals surface area (Å²) < 4.78 is 0. The van der Waals surface area contributed by atoms with E-state index in [1.807, 2.05) is 13.8 Å². The summed E-state index contributed by atoms with van der Waals surface area (Å²) in [5, 5.41) is 8.79. The zero-order chi connectivity index (χ0) is 14.1. The van der Waals surface area contributed by atoms with Crippen LogP contribution in [-0.2, 0) is 4.79 Å². The van der Waals surface area contributed by atoms with E-state index in [-0.39, 0.29) is 18.6 Å². The lowest BCUT2D eigenvalue weighted by atomic mass is 10.2. The molecule has 0 spiro atoms. The van der Waals surface area contributed by atoms with Crippen LogP contribution >= 0.6 is 0 Å². The van der Waals surface area contributed by atoms with Crippen molar-refractivity contribution in [2.75, 3.05) is 19.6 Å². The van der Waals surface area contributed by atoms with Gasteiger partial charge in [-0.2, -0.15) is 0 Å². The molecule has 0 heterocycles. The predicted molar refractivity (Wildman–Crippen MR) is 71.6 cm³/mol. The lowest BCUT2D eigenvalue weighted by Crippen LogP contribution is -2.48. The largest absolute Gasteiger partial charge is 0.480 e. The second-order valence-corrected chi connectivity index (χ2v) is 4.68. The molecule has 0 bridgehead atoms. The van der Waals surface area contributed by atoms with E-state index in [4.69, 9.17) is 5.11 Å². The summed E-state index contributed by atoms with van der Waals surface area (Å²) in [6.07, 6.45) is 3.15. The summed E-state index contributed by atoms with van der Waals surface area (Å²) in [4.78, 5) is 26.1. The quantitative estimate of drug-likeness (QED) is 0.680. The highest BCUT2D eigenvalue weighted by atomic mass is 16.4. The maximum atomic E-state index is 12.2. The molecular formula is C13H26N2O3. The van der Waals surface area contributed by atoms with Crippen LogP contribution in [0, 0.1) is 0 Å². The van der Waals surface area contributed by atoms with Gasteiger partial charge in [0.1, 0.15) is 6.54 Å². The van der Waals surface area contributed by atoms with Crippen molar-refractivity contribution < 1.29 is 14.7 Å². The Morgan fingerprint density at radius 3 is 2.17 bits per heavy atom. The number of hydrogen-bond donors (Lipinski definition) is 1. The van der Waals surface area contributed by atoms with Crippen molar-refractivity contribution in [2.45, 2.75) is 53.0 Å². The fourth-order valence-electron chi connectivity index (χ4n) is 1.77. The summed E-state index contributed by atoms with van der Waals surface area (Å²) in [5.41, 5.74) is 0. The van der Waals surface area contributed by atoms with Gasteiger partial charge in [0.15, 0.2) is 0 Å². The number of nitrogens with zero attached hydrogens (tertiary/aromatic N) is 2. The number of carbonyl (C=O) groups is 2. The minimum Gasteiger partial charge on any atom is -0.480 e. The first kappa shape index (κ1) is 16.7. The van der Waals surface area contributed by atoms with E-state index in [0.29, 0.717) is 13.1 Å². The van der Waals surface area contributed by atoms with Gasteiger partial charge in [0.2, 0.25) is 0 Å². The number of urea groups is 1. The number of carbonyl (C=O) groups excluding carboxylic acids is 1. The number of unbranched alkanes of at least 4 members (excludes halogenated alkanes) is 2. The molecule has 0 aromatic heterocycles. The smallest absolute Gasteiger partial charge is 0.323 e. The van der Waals surface area contributed by atoms with Crippen LogP contribution in [0.1, 0.15) is 47.0 Å². The minimum atomic E-state index is -0.970. The number of carboxylic acid groups (broad SMARTS) is 1. The molecule has 0 rings (SSSR count). The number of likely N-dealkylation sites (N-methyl/N-ethyl adjacent to an activating group) is 1. The van der Waals surface area contributed by atoms with Gasteiger partial charge in [-0.1, -0.05) is 19.8 Å². The second kappa shape index (κ2) is 8.78. The Balaban J connectivity index is 4.56. The molecule has 0 aliphatic rings. The third kappa shape index (κ3) is 5.89. The van der Waals surface area contributed by atoms with E-state index >= 15 is 0 Å². The molecule has 2 amide bonds. The summed E-state index contributed by atoms with van der Waals surface area (Å²) in [7, 11) is 0. The Kier molecular flexibility index (Phi) is 8.16. The second-order valence-electron chi connectivity index (χ2n) is 4.68. The van der Waals surface area contributed by atoms with Gasteiger partial charge in [-0.05, 0) is 27.2 Å². The summed E-state index contributed by atoms with van der Waals surface area (Å²) in [6.45, 7) is 8.71. The van der Waals surface area contributed by atoms with Gasteiger partial charge in [0.05, 0.1) is 0 Å².